The van der Waals surface area contributed by atoms with Crippen molar-refractivity contribution in [1.29, 1.82) is 0 Å². The van der Waals surface area contributed by atoms with Gasteiger partial charge in [-0.1, -0.05) is 60.2 Å². The van der Waals surface area contributed by atoms with Crippen molar-refractivity contribution in [2.75, 3.05) is 0 Å². The maximum atomic E-state index is 13.5. The van der Waals surface area contributed by atoms with Crippen LogP contribution in [-0.2, 0) is 14.3 Å². The largest absolute Gasteiger partial charge is 0.373 e. The predicted molar refractivity (Wildman–Crippen MR) is 113 cm³/mol. The molecule has 2 heterocycles. The standard InChI is InChI=1S/C26H26O3/c1-14-11-15(2)20(16(3)12-14)22-24(27)21-19-13-18(26(29-19)23(21)25(22)28)10-9-17-7-5-4-6-8-17/h4-12,18-19,21-23,26H,13H2,1-3H3/b10-9+/t18-,19+,21+,22?,23-,26-/m1/s1. The molecule has 0 amide bonds. The minimum Gasteiger partial charge on any atom is -0.373 e. The number of fused-ring (bicyclic) bond motifs is 5. The third-order valence-corrected chi connectivity index (χ3v) is 6.99. The van der Waals surface area contributed by atoms with E-state index in [4.69, 9.17) is 4.74 Å². The van der Waals surface area contributed by atoms with E-state index in [9.17, 15) is 9.59 Å². The van der Waals surface area contributed by atoms with Gasteiger partial charge in [-0.15, -0.1) is 0 Å². The number of ketones is 2. The summed E-state index contributed by atoms with van der Waals surface area (Å²) in [5.41, 5.74) is 5.32. The number of carbonyl (C=O) groups excluding carboxylic acids is 2. The Hall–Kier alpha value is -2.52. The summed E-state index contributed by atoms with van der Waals surface area (Å²) in [4.78, 5) is 26.8. The number of carbonyl (C=O) groups is 2. The number of hydrogen-bond acceptors (Lipinski definition) is 3. The van der Waals surface area contributed by atoms with E-state index in [1.165, 1.54) is 0 Å². The smallest absolute Gasteiger partial charge is 0.154 e. The van der Waals surface area contributed by atoms with Gasteiger partial charge in [-0.2, -0.15) is 0 Å². The van der Waals surface area contributed by atoms with E-state index in [2.05, 4.69) is 43.3 Å². The van der Waals surface area contributed by atoms with Crippen molar-refractivity contribution in [1.82, 2.24) is 0 Å². The van der Waals surface area contributed by atoms with Crippen LogP contribution in [-0.4, -0.2) is 23.8 Å². The molecule has 3 nitrogen and oxygen atoms in total. The molecule has 2 saturated heterocycles. The van der Waals surface area contributed by atoms with Crippen LogP contribution in [0.4, 0.5) is 0 Å². The van der Waals surface area contributed by atoms with Gasteiger partial charge in [0.2, 0.25) is 0 Å². The summed E-state index contributed by atoms with van der Waals surface area (Å²) in [6, 6.07) is 14.3. The molecule has 6 atom stereocenters. The van der Waals surface area contributed by atoms with Crippen molar-refractivity contribution >= 4 is 17.6 Å². The van der Waals surface area contributed by atoms with Gasteiger partial charge >= 0.3 is 0 Å². The van der Waals surface area contributed by atoms with Crippen LogP contribution in [0, 0.1) is 38.5 Å². The van der Waals surface area contributed by atoms with Gasteiger partial charge in [0.05, 0.1) is 24.0 Å². The summed E-state index contributed by atoms with van der Waals surface area (Å²) in [7, 11) is 0. The number of rotatable bonds is 3. The quantitative estimate of drug-likeness (QED) is 0.725. The first-order chi connectivity index (χ1) is 14.0. The van der Waals surface area contributed by atoms with Crippen molar-refractivity contribution in [2.24, 2.45) is 17.8 Å². The van der Waals surface area contributed by atoms with Gasteiger partial charge in [-0.3, -0.25) is 9.59 Å². The third kappa shape index (κ3) is 2.83. The van der Waals surface area contributed by atoms with Gasteiger partial charge < -0.3 is 4.74 Å². The van der Waals surface area contributed by atoms with Crippen molar-refractivity contribution in [3.63, 3.8) is 0 Å². The van der Waals surface area contributed by atoms with E-state index in [0.29, 0.717) is 0 Å². The lowest BCUT2D eigenvalue weighted by molar-refractivity contribution is -0.127. The summed E-state index contributed by atoms with van der Waals surface area (Å²) in [6.45, 7) is 6.08. The van der Waals surface area contributed by atoms with Gasteiger partial charge in [0.25, 0.3) is 0 Å². The van der Waals surface area contributed by atoms with Crippen molar-refractivity contribution in [3.8, 4) is 0 Å². The molecule has 0 aromatic heterocycles. The van der Waals surface area contributed by atoms with Crippen LogP contribution in [0.3, 0.4) is 0 Å². The Morgan fingerprint density at radius 3 is 2.28 bits per heavy atom. The molecule has 5 rings (SSSR count). The fourth-order valence-electron chi connectivity index (χ4n) is 5.92. The summed E-state index contributed by atoms with van der Waals surface area (Å²) in [6.07, 6.45) is 4.81. The maximum Gasteiger partial charge on any atom is 0.154 e. The molecule has 2 bridgehead atoms. The molecule has 2 aliphatic heterocycles. The van der Waals surface area contributed by atoms with Crippen molar-refractivity contribution in [3.05, 3.63) is 76.4 Å². The number of benzene rings is 2. The van der Waals surface area contributed by atoms with Gasteiger partial charge in [-0.25, -0.2) is 0 Å². The predicted octanol–water partition coefficient (Wildman–Crippen LogP) is 4.58. The maximum absolute atomic E-state index is 13.5. The molecule has 2 aromatic rings. The van der Waals surface area contributed by atoms with Gasteiger partial charge in [-0.05, 0) is 49.4 Å². The molecule has 148 valence electrons. The summed E-state index contributed by atoms with van der Waals surface area (Å²) < 4.78 is 6.15. The highest BCUT2D eigenvalue weighted by Gasteiger charge is 2.65. The molecule has 2 aromatic carbocycles. The molecule has 3 aliphatic rings. The van der Waals surface area contributed by atoms with Gasteiger partial charge in [0, 0.05) is 5.92 Å². The molecule has 1 unspecified atom stereocenters. The number of ether oxygens (including phenoxy) is 1. The van der Waals surface area contributed by atoms with Crippen LogP contribution < -0.4 is 0 Å². The topological polar surface area (TPSA) is 43.4 Å². The summed E-state index contributed by atoms with van der Waals surface area (Å²) in [5.74, 6) is -0.835. The molecule has 29 heavy (non-hydrogen) atoms. The first-order valence-corrected chi connectivity index (χ1v) is 10.5. The average Bonchev–Trinajstić information content (AvgIpc) is 3.33. The molecule has 3 heteroatoms. The second-order valence-electron chi connectivity index (χ2n) is 8.91. The number of aryl methyl sites for hydroxylation is 3. The van der Waals surface area contributed by atoms with Crippen LogP contribution in [0.2, 0.25) is 0 Å². The SMILES string of the molecule is Cc1cc(C)c(C2C(=O)[C@@H]3[C@@H]4O[C@@H](C[C@H]4/C=C/c4ccccc4)[C@@H]3C2=O)c(C)c1. The second kappa shape index (κ2) is 6.77. The Morgan fingerprint density at radius 2 is 1.59 bits per heavy atom. The third-order valence-electron chi connectivity index (χ3n) is 6.99. The molecule has 1 saturated carbocycles. The summed E-state index contributed by atoms with van der Waals surface area (Å²) in [5, 5.41) is 0. The highest BCUT2D eigenvalue weighted by molar-refractivity contribution is 6.17. The monoisotopic (exact) mass is 386 g/mol. The van der Waals surface area contributed by atoms with Gasteiger partial charge in [0.1, 0.15) is 5.92 Å². The lowest BCUT2D eigenvalue weighted by Gasteiger charge is -2.23. The van der Waals surface area contributed by atoms with Crippen molar-refractivity contribution < 1.29 is 14.3 Å². The molecule has 0 N–H and O–H groups in total. The molecule has 0 spiro atoms. The van der Waals surface area contributed by atoms with Crippen LogP contribution in [0.1, 0.15) is 40.2 Å². The van der Waals surface area contributed by atoms with E-state index in [0.717, 1.165) is 34.2 Å². The Bertz CT molecular complexity index is 996. The van der Waals surface area contributed by atoms with E-state index < -0.39 is 5.92 Å². The van der Waals surface area contributed by atoms with Crippen LogP contribution >= 0.6 is 0 Å². The number of Topliss-reactive ketones (excluding diaryl/α,β-unsaturated/α-hetero) is 2. The van der Waals surface area contributed by atoms with Crippen LogP contribution in [0.15, 0.2) is 48.5 Å². The zero-order chi connectivity index (χ0) is 20.3. The van der Waals surface area contributed by atoms with Crippen LogP contribution in [0.5, 0.6) is 0 Å². The minimum absolute atomic E-state index is 0.0698. The van der Waals surface area contributed by atoms with Gasteiger partial charge in [0.15, 0.2) is 11.6 Å². The first-order valence-electron chi connectivity index (χ1n) is 10.5. The molecule has 0 radical (unpaired) electrons. The zero-order valence-corrected chi connectivity index (χ0v) is 17.1. The van der Waals surface area contributed by atoms with Crippen LogP contribution in [0.25, 0.3) is 6.08 Å². The minimum atomic E-state index is -0.614. The molecule has 1 aliphatic carbocycles. The Kier molecular flexibility index (Phi) is 4.32. The number of hydrogen-bond donors (Lipinski definition) is 0. The van der Waals surface area contributed by atoms with E-state index in [1.54, 1.807) is 0 Å². The van der Waals surface area contributed by atoms with E-state index in [-0.39, 0.29) is 41.5 Å². The Morgan fingerprint density at radius 1 is 0.931 bits per heavy atom. The lowest BCUT2D eigenvalue weighted by atomic mass is 9.75. The molecule has 3 fully saturated rings. The normalized spacial score (nSPS) is 33.1. The van der Waals surface area contributed by atoms with E-state index >= 15 is 0 Å². The average molecular weight is 386 g/mol. The fraction of sp³-hybridized carbons (Fsp3) is 0.385. The van der Waals surface area contributed by atoms with E-state index in [1.807, 2.05) is 32.0 Å². The zero-order valence-electron chi connectivity index (χ0n) is 17.1. The first kappa shape index (κ1) is 18.5. The molecular weight excluding hydrogens is 360 g/mol. The second-order valence-corrected chi connectivity index (χ2v) is 8.91. The molecular formula is C26H26O3. The fourth-order valence-corrected chi connectivity index (χ4v) is 5.92. The highest BCUT2D eigenvalue weighted by Crippen LogP contribution is 2.55. The Balaban J connectivity index is 1.44. The lowest BCUT2D eigenvalue weighted by Crippen LogP contribution is -2.34. The highest BCUT2D eigenvalue weighted by atomic mass is 16.5. The van der Waals surface area contributed by atoms with Crippen molar-refractivity contribution in [2.45, 2.75) is 45.3 Å². The summed E-state index contributed by atoms with van der Waals surface area (Å²) >= 11 is 0. The Labute approximate surface area is 171 Å².